The quantitative estimate of drug-likeness (QED) is 0.801. The Kier molecular flexibility index (Phi) is 4.10. The second-order valence-electron chi connectivity index (χ2n) is 4.61. The molecule has 0 aliphatic heterocycles. The summed E-state index contributed by atoms with van der Waals surface area (Å²) in [6.07, 6.45) is 2.61. The van der Waals surface area contributed by atoms with E-state index in [-0.39, 0.29) is 5.75 Å². The molecule has 102 valence electrons. The number of nitrogen functional groups attached to an aromatic ring is 1. The van der Waals surface area contributed by atoms with Crippen molar-refractivity contribution in [3.8, 4) is 11.8 Å². The number of hydrogen-bond acceptors (Lipinski definition) is 4. The minimum absolute atomic E-state index is 0.217. The van der Waals surface area contributed by atoms with Crippen molar-refractivity contribution in [2.45, 2.75) is 32.2 Å². The Morgan fingerprint density at radius 1 is 1.53 bits per heavy atom. The Labute approximate surface area is 112 Å². The van der Waals surface area contributed by atoms with Crippen molar-refractivity contribution in [2.75, 3.05) is 23.8 Å². The first kappa shape index (κ1) is 13.5. The van der Waals surface area contributed by atoms with Gasteiger partial charge in [0.25, 0.3) is 0 Å². The largest absolute Gasteiger partial charge is 0.491 e. The summed E-state index contributed by atoms with van der Waals surface area (Å²) in [5, 5.41) is 8.72. The molecule has 19 heavy (non-hydrogen) atoms. The lowest BCUT2D eigenvalue weighted by Gasteiger charge is -2.25. The second kappa shape index (κ2) is 5.79. The highest BCUT2D eigenvalue weighted by Crippen LogP contribution is 2.38. The van der Waals surface area contributed by atoms with Crippen LogP contribution in [0.4, 0.5) is 15.8 Å². The predicted molar refractivity (Wildman–Crippen MR) is 72.6 cm³/mol. The highest BCUT2D eigenvalue weighted by Gasteiger charge is 2.30. The van der Waals surface area contributed by atoms with E-state index in [1.165, 1.54) is 6.07 Å². The third-order valence-corrected chi connectivity index (χ3v) is 3.14. The zero-order valence-electron chi connectivity index (χ0n) is 11.0. The van der Waals surface area contributed by atoms with Crippen LogP contribution in [-0.4, -0.2) is 19.2 Å². The van der Waals surface area contributed by atoms with Gasteiger partial charge in [-0.3, -0.25) is 0 Å². The van der Waals surface area contributed by atoms with E-state index in [4.69, 9.17) is 15.7 Å². The summed E-state index contributed by atoms with van der Waals surface area (Å²) >= 11 is 0. The normalized spacial score (nSPS) is 13.9. The van der Waals surface area contributed by atoms with E-state index in [1.807, 2.05) is 6.92 Å². The van der Waals surface area contributed by atoms with Crippen LogP contribution in [0, 0.1) is 17.1 Å². The number of nitrogens with zero attached hydrogens (tertiary/aromatic N) is 2. The van der Waals surface area contributed by atoms with Gasteiger partial charge >= 0.3 is 0 Å². The predicted octanol–water partition coefficient (Wildman–Crippen LogP) is 2.69. The summed E-state index contributed by atoms with van der Waals surface area (Å²) in [4.78, 5) is 2.08. The van der Waals surface area contributed by atoms with E-state index in [9.17, 15) is 4.39 Å². The molecule has 0 spiro atoms. The van der Waals surface area contributed by atoms with E-state index in [0.717, 1.165) is 18.5 Å². The van der Waals surface area contributed by atoms with Gasteiger partial charge in [0.15, 0.2) is 11.6 Å². The van der Waals surface area contributed by atoms with Crippen LogP contribution in [0.15, 0.2) is 12.1 Å². The molecular formula is C14H18FN3O. The Morgan fingerprint density at radius 3 is 2.84 bits per heavy atom. The first-order valence-electron chi connectivity index (χ1n) is 6.52. The number of anilines is 2. The molecule has 1 fully saturated rings. The fourth-order valence-electron chi connectivity index (χ4n) is 2.13. The SMILES string of the molecule is CCOc1cc(N(CCC#N)C2CC2)c(N)cc1F. The molecule has 1 aliphatic rings. The molecule has 0 amide bonds. The van der Waals surface area contributed by atoms with E-state index < -0.39 is 5.82 Å². The maximum atomic E-state index is 13.7. The van der Waals surface area contributed by atoms with Crippen LogP contribution in [0.2, 0.25) is 0 Å². The van der Waals surface area contributed by atoms with Crippen LogP contribution in [0.25, 0.3) is 0 Å². The van der Waals surface area contributed by atoms with Crippen LogP contribution in [0.3, 0.4) is 0 Å². The van der Waals surface area contributed by atoms with E-state index in [1.54, 1.807) is 6.07 Å². The molecule has 0 atom stereocenters. The molecule has 0 bridgehead atoms. The standard InChI is InChI=1S/C14H18FN3O/c1-2-19-14-9-13(12(17)8-11(14)15)18(7-3-6-16)10-4-5-10/h8-10H,2-5,7,17H2,1H3. The molecule has 0 saturated heterocycles. The number of hydrogen-bond donors (Lipinski definition) is 1. The molecule has 0 unspecified atom stereocenters. The molecule has 0 aromatic heterocycles. The van der Waals surface area contributed by atoms with Crippen molar-refractivity contribution in [3.63, 3.8) is 0 Å². The van der Waals surface area contributed by atoms with Gasteiger partial charge in [-0.1, -0.05) is 0 Å². The smallest absolute Gasteiger partial charge is 0.167 e. The van der Waals surface area contributed by atoms with Crippen molar-refractivity contribution in [3.05, 3.63) is 17.9 Å². The summed E-state index contributed by atoms with van der Waals surface area (Å²) in [7, 11) is 0. The summed E-state index contributed by atoms with van der Waals surface area (Å²) in [5.41, 5.74) is 7.07. The summed E-state index contributed by atoms with van der Waals surface area (Å²) in [5.74, 6) is -0.228. The monoisotopic (exact) mass is 263 g/mol. The number of benzene rings is 1. The molecule has 0 heterocycles. The van der Waals surface area contributed by atoms with Crippen LogP contribution < -0.4 is 15.4 Å². The van der Waals surface area contributed by atoms with Gasteiger partial charge < -0.3 is 15.4 Å². The first-order valence-corrected chi connectivity index (χ1v) is 6.52. The van der Waals surface area contributed by atoms with Gasteiger partial charge in [-0.15, -0.1) is 0 Å². The van der Waals surface area contributed by atoms with E-state index in [0.29, 0.717) is 31.3 Å². The van der Waals surface area contributed by atoms with Crippen molar-refractivity contribution in [2.24, 2.45) is 0 Å². The maximum Gasteiger partial charge on any atom is 0.167 e. The number of nitrogens with two attached hydrogens (primary N) is 1. The molecule has 2 N–H and O–H groups in total. The second-order valence-corrected chi connectivity index (χ2v) is 4.61. The zero-order chi connectivity index (χ0) is 13.8. The molecule has 1 aliphatic carbocycles. The van der Waals surface area contributed by atoms with Gasteiger partial charge in [0.05, 0.1) is 30.5 Å². The van der Waals surface area contributed by atoms with Crippen molar-refractivity contribution >= 4 is 11.4 Å². The summed E-state index contributed by atoms with van der Waals surface area (Å²) in [6.45, 7) is 2.83. The van der Waals surface area contributed by atoms with Crippen molar-refractivity contribution in [1.29, 1.82) is 5.26 Å². The average molecular weight is 263 g/mol. The highest BCUT2D eigenvalue weighted by molar-refractivity contribution is 5.71. The van der Waals surface area contributed by atoms with Crippen molar-refractivity contribution < 1.29 is 9.13 Å². The van der Waals surface area contributed by atoms with Gasteiger partial charge in [0, 0.05) is 24.7 Å². The van der Waals surface area contributed by atoms with Crippen molar-refractivity contribution in [1.82, 2.24) is 0 Å². The third kappa shape index (κ3) is 3.08. The number of ether oxygens (including phenoxy) is 1. The van der Waals surface area contributed by atoms with Crippen LogP contribution in [0.5, 0.6) is 5.75 Å². The van der Waals surface area contributed by atoms with Gasteiger partial charge in [-0.25, -0.2) is 4.39 Å². The Balaban J connectivity index is 2.30. The topological polar surface area (TPSA) is 62.3 Å². The molecule has 0 radical (unpaired) electrons. The average Bonchev–Trinajstić information content (AvgIpc) is 3.19. The van der Waals surface area contributed by atoms with Gasteiger partial charge in [0.1, 0.15) is 0 Å². The molecular weight excluding hydrogens is 245 g/mol. The maximum absolute atomic E-state index is 13.7. The lowest BCUT2D eigenvalue weighted by molar-refractivity contribution is 0.321. The van der Waals surface area contributed by atoms with Gasteiger partial charge in [-0.05, 0) is 19.8 Å². The fraction of sp³-hybridized carbons (Fsp3) is 0.500. The number of nitriles is 1. The van der Waals surface area contributed by atoms with Crippen LogP contribution >= 0.6 is 0 Å². The Hall–Kier alpha value is -1.96. The fourth-order valence-corrected chi connectivity index (χ4v) is 2.13. The minimum atomic E-state index is -0.445. The van der Waals surface area contributed by atoms with Crippen LogP contribution in [-0.2, 0) is 0 Å². The highest BCUT2D eigenvalue weighted by atomic mass is 19.1. The zero-order valence-corrected chi connectivity index (χ0v) is 11.0. The number of rotatable bonds is 6. The molecule has 5 heteroatoms. The molecule has 4 nitrogen and oxygen atoms in total. The Bertz CT molecular complexity index is 494. The molecule has 2 rings (SSSR count). The first-order chi connectivity index (χ1) is 9.17. The number of halogens is 1. The summed E-state index contributed by atoms with van der Waals surface area (Å²) in [6, 6.07) is 5.48. The van der Waals surface area contributed by atoms with E-state index >= 15 is 0 Å². The minimum Gasteiger partial charge on any atom is -0.491 e. The molecule has 1 saturated carbocycles. The lowest BCUT2D eigenvalue weighted by Crippen LogP contribution is -2.27. The van der Waals surface area contributed by atoms with Crippen LogP contribution in [0.1, 0.15) is 26.2 Å². The van der Waals surface area contributed by atoms with E-state index in [2.05, 4.69) is 11.0 Å². The Morgan fingerprint density at radius 2 is 2.26 bits per heavy atom. The summed E-state index contributed by atoms with van der Waals surface area (Å²) < 4.78 is 18.9. The molecule has 1 aromatic carbocycles. The van der Waals surface area contributed by atoms with Gasteiger partial charge in [-0.2, -0.15) is 5.26 Å². The van der Waals surface area contributed by atoms with Gasteiger partial charge in [0.2, 0.25) is 0 Å². The molecule has 1 aromatic rings. The third-order valence-electron chi connectivity index (χ3n) is 3.14. The lowest BCUT2D eigenvalue weighted by atomic mass is 10.2.